The average molecular weight is 707 g/mol. The molecule has 0 heterocycles. The van der Waals surface area contributed by atoms with Crippen molar-refractivity contribution in [2.45, 2.75) is 78.7 Å². The van der Waals surface area contributed by atoms with Crippen LogP contribution in [0, 0.1) is 0 Å². The van der Waals surface area contributed by atoms with Gasteiger partial charge in [0, 0.05) is 36.7 Å². The molecule has 0 bridgehead atoms. The molecule has 2 atom stereocenters. The highest BCUT2D eigenvalue weighted by molar-refractivity contribution is 8.76. The molecule has 0 aliphatic carbocycles. The van der Waals surface area contributed by atoms with Gasteiger partial charge in [0.05, 0.1) is 0 Å². The number of benzene rings is 2. The first-order chi connectivity index (χ1) is 22.3. The van der Waals surface area contributed by atoms with Crippen LogP contribution in [0.1, 0.15) is 55.4 Å². The lowest BCUT2D eigenvalue weighted by Gasteiger charge is -2.23. The highest BCUT2D eigenvalue weighted by Gasteiger charge is 2.29. The number of alkyl carbamates (subject to hydrolysis) is 2. The second-order valence-electron chi connectivity index (χ2n) is 12.2. The van der Waals surface area contributed by atoms with Gasteiger partial charge in [-0.3, -0.25) is 9.59 Å². The summed E-state index contributed by atoms with van der Waals surface area (Å²) in [7, 11) is 2.25. The number of ether oxygens (including phenoxy) is 4. The standard InChI is InChI=1S/C32H42N4O10S2/c1-19(37)33-21-9-13-23(14-10-21)43-27(39)25(35-29(41)45-31(3,4)5)17-47-48-18-26(36-30(42)46-32(6,7)8)28(40)44-24-15-11-22(12-16-24)34-20(2)38/h9-16,25-26H,17-18H2,1-8H3,(H,33,37)(H,34,38)(H,35,41)(H,36,42). The Kier molecular flexibility index (Phi) is 15.1. The third-order valence-electron chi connectivity index (χ3n) is 5.29. The summed E-state index contributed by atoms with van der Waals surface area (Å²) in [5.74, 6) is -1.75. The summed E-state index contributed by atoms with van der Waals surface area (Å²) in [5, 5.41) is 10.3. The molecule has 0 radical (unpaired) electrons. The SMILES string of the molecule is CC(=O)Nc1ccc(OC(=O)C(CSSCC(NC(=O)OC(C)(C)C)C(=O)Oc2ccc(NC(C)=O)cc2)NC(=O)OC(C)(C)C)cc1. The fourth-order valence-electron chi connectivity index (χ4n) is 3.46. The molecule has 2 rings (SSSR count). The number of hydrogen-bond acceptors (Lipinski definition) is 12. The predicted octanol–water partition coefficient (Wildman–Crippen LogP) is 5.28. The number of rotatable bonds is 13. The van der Waals surface area contributed by atoms with Gasteiger partial charge in [-0.05, 0) is 90.1 Å². The Morgan fingerprint density at radius 3 is 1.17 bits per heavy atom. The highest BCUT2D eigenvalue weighted by atomic mass is 33.1. The number of carbonyl (C=O) groups is 6. The Balaban J connectivity index is 2.12. The molecular weight excluding hydrogens is 665 g/mol. The molecule has 2 aromatic rings. The molecule has 2 aromatic carbocycles. The Morgan fingerprint density at radius 1 is 0.583 bits per heavy atom. The van der Waals surface area contributed by atoms with E-state index in [9.17, 15) is 28.8 Å². The van der Waals surface area contributed by atoms with Crippen LogP contribution in [0.2, 0.25) is 0 Å². The van der Waals surface area contributed by atoms with Gasteiger partial charge in [0.25, 0.3) is 0 Å². The van der Waals surface area contributed by atoms with Crippen LogP contribution in [-0.4, -0.2) is 70.7 Å². The lowest BCUT2D eigenvalue weighted by molar-refractivity contribution is -0.137. The maximum Gasteiger partial charge on any atom is 0.408 e. The molecule has 262 valence electrons. The Labute approximate surface area is 287 Å². The quantitative estimate of drug-likeness (QED) is 0.0915. The molecule has 48 heavy (non-hydrogen) atoms. The van der Waals surface area contributed by atoms with Crippen LogP contribution in [0.15, 0.2) is 48.5 Å². The first-order valence-corrected chi connectivity index (χ1v) is 17.2. The van der Waals surface area contributed by atoms with Gasteiger partial charge in [0.15, 0.2) is 0 Å². The topological polar surface area (TPSA) is 187 Å². The summed E-state index contributed by atoms with van der Waals surface area (Å²) in [6, 6.07) is 9.83. The van der Waals surface area contributed by atoms with E-state index in [-0.39, 0.29) is 34.8 Å². The maximum atomic E-state index is 13.1. The Bertz CT molecular complexity index is 1330. The van der Waals surface area contributed by atoms with E-state index in [4.69, 9.17) is 18.9 Å². The minimum Gasteiger partial charge on any atom is -0.444 e. The van der Waals surface area contributed by atoms with Crippen molar-refractivity contribution >= 4 is 68.9 Å². The van der Waals surface area contributed by atoms with E-state index in [1.54, 1.807) is 65.8 Å². The first-order valence-electron chi connectivity index (χ1n) is 14.7. The van der Waals surface area contributed by atoms with Gasteiger partial charge in [0.1, 0.15) is 34.8 Å². The number of anilines is 2. The van der Waals surface area contributed by atoms with Crippen molar-refractivity contribution in [2.75, 3.05) is 22.1 Å². The minimum atomic E-state index is -1.17. The summed E-state index contributed by atoms with van der Waals surface area (Å²) in [6.07, 6.45) is -1.68. The first kappa shape index (κ1) is 39.7. The molecule has 0 spiro atoms. The number of nitrogens with one attached hydrogen (secondary N) is 4. The molecule has 0 fully saturated rings. The predicted molar refractivity (Wildman–Crippen MR) is 184 cm³/mol. The Morgan fingerprint density at radius 2 is 0.896 bits per heavy atom. The summed E-state index contributed by atoms with van der Waals surface area (Å²) in [6.45, 7) is 12.8. The molecule has 0 saturated heterocycles. The molecule has 16 heteroatoms. The van der Waals surface area contributed by atoms with Crippen molar-refractivity contribution in [3.8, 4) is 11.5 Å². The van der Waals surface area contributed by atoms with Crippen molar-refractivity contribution in [3.05, 3.63) is 48.5 Å². The summed E-state index contributed by atoms with van der Waals surface area (Å²) in [4.78, 5) is 73.9. The van der Waals surface area contributed by atoms with Crippen molar-refractivity contribution in [3.63, 3.8) is 0 Å². The zero-order valence-electron chi connectivity index (χ0n) is 28.1. The van der Waals surface area contributed by atoms with Crippen molar-refractivity contribution in [2.24, 2.45) is 0 Å². The van der Waals surface area contributed by atoms with E-state index >= 15 is 0 Å². The second-order valence-corrected chi connectivity index (χ2v) is 14.8. The zero-order valence-corrected chi connectivity index (χ0v) is 29.7. The van der Waals surface area contributed by atoms with Crippen LogP contribution >= 0.6 is 21.6 Å². The molecule has 0 saturated carbocycles. The zero-order chi connectivity index (χ0) is 36.1. The molecule has 4 N–H and O–H groups in total. The van der Waals surface area contributed by atoms with Crippen LogP contribution in [0.3, 0.4) is 0 Å². The third-order valence-corrected chi connectivity index (χ3v) is 7.71. The molecule has 14 nitrogen and oxygen atoms in total. The van der Waals surface area contributed by atoms with Crippen LogP contribution < -0.4 is 30.7 Å². The average Bonchev–Trinajstić information content (AvgIpc) is 2.93. The van der Waals surface area contributed by atoms with Crippen LogP contribution in [0.4, 0.5) is 21.0 Å². The summed E-state index contributed by atoms with van der Waals surface area (Å²) >= 11 is 0. The molecule has 2 unspecified atom stereocenters. The molecule has 0 aromatic heterocycles. The minimum absolute atomic E-state index is 0.00840. The van der Waals surface area contributed by atoms with E-state index in [0.717, 1.165) is 21.6 Å². The molecule has 4 amide bonds. The lowest BCUT2D eigenvalue weighted by atomic mass is 10.2. The summed E-state index contributed by atoms with van der Waals surface area (Å²) < 4.78 is 21.5. The Hall–Kier alpha value is -4.44. The van der Waals surface area contributed by atoms with Gasteiger partial charge in [-0.1, -0.05) is 21.6 Å². The largest absolute Gasteiger partial charge is 0.444 e. The van der Waals surface area contributed by atoms with Crippen LogP contribution in [-0.2, 0) is 28.7 Å². The molecular formula is C32H42N4O10S2. The van der Waals surface area contributed by atoms with Crippen LogP contribution in [0.25, 0.3) is 0 Å². The van der Waals surface area contributed by atoms with Gasteiger partial charge in [0.2, 0.25) is 11.8 Å². The van der Waals surface area contributed by atoms with Gasteiger partial charge in [-0.2, -0.15) is 0 Å². The highest BCUT2D eigenvalue weighted by Crippen LogP contribution is 2.25. The number of hydrogen-bond donors (Lipinski definition) is 4. The van der Waals surface area contributed by atoms with Crippen molar-refractivity contribution < 1.29 is 47.7 Å². The third kappa shape index (κ3) is 16.4. The van der Waals surface area contributed by atoms with Crippen LogP contribution in [0.5, 0.6) is 11.5 Å². The van der Waals surface area contributed by atoms with Gasteiger partial charge in [-0.25, -0.2) is 19.2 Å². The maximum absolute atomic E-state index is 13.1. The number of esters is 2. The van der Waals surface area contributed by atoms with E-state index in [1.165, 1.54) is 38.1 Å². The van der Waals surface area contributed by atoms with Gasteiger partial charge >= 0.3 is 24.1 Å². The smallest absolute Gasteiger partial charge is 0.408 e. The number of amides is 4. The van der Waals surface area contributed by atoms with E-state index in [1.807, 2.05) is 0 Å². The monoisotopic (exact) mass is 706 g/mol. The summed E-state index contributed by atoms with van der Waals surface area (Å²) in [5.41, 5.74) is -0.642. The second kappa shape index (κ2) is 18.2. The lowest BCUT2D eigenvalue weighted by Crippen LogP contribution is -2.47. The normalized spacial score (nSPS) is 12.4. The fraction of sp³-hybridized carbons (Fsp3) is 0.438. The van der Waals surface area contributed by atoms with E-state index < -0.39 is 47.4 Å². The van der Waals surface area contributed by atoms with E-state index in [2.05, 4.69) is 21.3 Å². The van der Waals surface area contributed by atoms with Crippen molar-refractivity contribution in [1.82, 2.24) is 10.6 Å². The van der Waals surface area contributed by atoms with Gasteiger partial charge < -0.3 is 40.2 Å². The fourth-order valence-corrected chi connectivity index (χ4v) is 5.76. The molecule has 0 aliphatic rings. The van der Waals surface area contributed by atoms with Gasteiger partial charge in [-0.15, -0.1) is 0 Å². The van der Waals surface area contributed by atoms with E-state index in [0.29, 0.717) is 11.4 Å². The van der Waals surface area contributed by atoms with Crippen molar-refractivity contribution in [1.29, 1.82) is 0 Å². The number of carbonyl (C=O) groups excluding carboxylic acids is 6. The molecule has 0 aliphatic heterocycles.